The van der Waals surface area contributed by atoms with Crippen LogP contribution in [0.2, 0.25) is 5.02 Å². The van der Waals surface area contributed by atoms with Crippen LogP contribution in [0.1, 0.15) is 30.3 Å². The Morgan fingerprint density at radius 2 is 1.91 bits per heavy atom. The standard InChI is InChI=1S/C24H20ClNO5S/c1-13(2)31-16-6-3-5-14(11-16)22(28)20-21(19-7-4-10-32-19)26(24(30)23(20)29)17-12-15(25)8-9-18(17)27/h3-13,21,27-28H,1-2H3/b22-20-. The van der Waals surface area contributed by atoms with Gasteiger partial charge in [0, 0.05) is 15.5 Å². The molecule has 0 radical (unpaired) electrons. The summed E-state index contributed by atoms with van der Waals surface area (Å²) in [6.07, 6.45) is -0.0742. The van der Waals surface area contributed by atoms with E-state index in [0.29, 0.717) is 21.2 Å². The van der Waals surface area contributed by atoms with Crippen LogP contribution >= 0.6 is 22.9 Å². The SMILES string of the molecule is CC(C)Oc1cccc(/C(O)=C2/C(=O)C(=O)N(c3cc(Cl)ccc3O)C2c2cccs2)c1. The van der Waals surface area contributed by atoms with Crippen molar-refractivity contribution in [2.24, 2.45) is 0 Å². The van der Waals surface area contributed by atoms with Crippen LogP contribution in [-0.4, -0.2) is 28.0 Å². The van der Waals surface area contributed by atoms with Crippen LogP contribution in [0.4, 0.5) is 5.69 Å². The van der Waals surface area contributed by atoms with Crippen molar-refractivity contribution in [3.8, 4) is 11.5 Å². The lowest BCUT2D eigenvalue weighted by atomic mass is 9.99. The average Bonchev–Trinajstić information content (AvgIpc) is 3.36. The lowest BCUT2D eigenvalue weighted by Crippen LogP contribution is -2.29. The predicted octanol–water partition coefficient (Wildman–Crippen LogP) is 5.52. The van der Waals surface area contributed by atoms with Gasteiger partial charge in [-0.2, -0.15) is 0 Å². The normalized spacial score (nSPS) is 17.9. The summed E-state index contributed by atoms with van der Waals surface area (Å²) in [6, 6.07) is 13.6. The second-order valence-electron chi connectivity index (χ2n) is 7.51. The maximum Gasteiger partial charge on any atom is 0.300 e. The first-order chi connectivity index (χ1) is 15.3. The summed E-state index contributed by atoms with van der Waals surface area (Å²) in [4.78, 5) is 28.0. The van der Waals surface area contributed by atoms with Gasteiger partial charge in [0.05, 0.1) is 17.4 Å². The Morgan fingerprint density at radius 3 is 2.59 bits per heavy atom. The van der Waals surface area contributed by atoms with Crippen molar-refractivity contribution in [1.29, 1.82) is 0 Å². The molecule has 1 atom stereocenters. The number of anilines is 1. The van der Waals surface area contributed by atoms with E-state index in [0.717, 1.165) is 0 Å². The van der Waals surface area contributed by atoms with E-state index in [1.54, 1.807) is 36.4 Å². The first-order valence-electron chi connectivity index (χ1n) is 9.88. The van der Waals surface area contributed by atoms with Gasteiger partial charge in [0.25, 0.3) is 11.7 Å². The van der Waals surface area contributed by atoms with Gasteiger partial charge in [-0.1, -0.05) is 29.8 Å². The third-order valence-electron chi connectivity index (χ3n) is 4.93. The van der Waals surface area contributed by atoms with Gasteiger partial charge < -0.3 is 14.9 Å². The highest BCUT2D eigenvalue weighted by atomic mass is 35.5. The Bertz CT molecular complexity index is 1220. The second kappa shape index (κ2) is 8.68. The second-order valence-corrected chi connectivity index (χ2v) is 8.93. The van der Waals surface area contributed by atoms with Crippen LogP contribution in [0.25, 0.3) is 5.76 Å². The molecule has 0 bridgehead atoms. The van der Waals surface area contributed by atoms with Gasteiger partial charge in [-0.25, -0.2) is 0 Å². The number of Topliss-reactive ketones (excluding diaryl/α,β-unsaturated/α-hetero) is 1. The Balaban J connectivity index is 1.90. The number of hydrogen-bond donors (Lipinski definition) is 2. The van der Waals surface area contributed by atoms with Gasteiger partial charge in [-0.15, -0.1) is 11.3 Å². The smallest absolute Gasteiger partial charge is 0.300 e. The topological polar surface area (TPSA) is 87.1 Å². The van der Waals surface area contributed by atoms with Crippen LogP contribution < -0.4 is 9.64 Å². The van der Waals surface area contributed by atoms with Crippen molar-refractivity contribution >= 4 is 46.1 Å². The number of hydrogen-bond acceptors (Lipinski definition) is 6. The molecule has 164 valence electrons. The van der Waals surface area contributed by atoms with Crippen molar-refractivity contribution in [3.63, 3.8) is 0 Å². The molecule has 0 saturated carbocycles. The summed E-state index contributed by atoms with van der Waals surface area (Å²) in [7, 11) is 0. The van der Waals surface area contributed by atoms with Crippen molar-refractivity contribution in [2.75, 3.05) is 4.90 Å². The number of benzene rings is 2. The summed E-state index contributed by atoms with van der Waals surface area (Å²) < 4.78 is 5.69. The molecule has 0 spiro atoms. The van der Waals surface area contributed by atoms with Gasteiger partial charge in [-0.05, 0) is 55.6 Å². The van der Waals surface area contributed by atoms with E-state index in [1.807, 2.05) is 19.2 Å². The largest absolute Gasteiger partial charge is 0.507 e. The summed E-state index contributed by atoms with van der Waals surface area (Å²) in [6.45, 7) is 3.76. The number of rotatable bonds is 5. The van der Waals surface area contributed by atoms with E-state index >= 15 is 0 Å². The summed E-state index contributed by atoms with van der Waals surface area (Å²) in [5, 5.41) is 23.7. The number of ketones is 1. The van der Waals surface area contributed by atoms with Gasteiger partial charge in [0.15, 0.2) is 0 Å². The number of aliphatic hydroxyl groups excluding tert-OH is 1. The molecule has 32 heavy (non-hydrogen) atoms. The first kappa shape index (κ1) is 21.9. The molecule has 3 aromatic rings. The molecule has 1 fully saturated rings. The van der Waals surface area contributed by atoms with Gasteiger partial charge >= 0.3 is 0 Å². The van der Waals surface area contributed by atoms with E-state index in [2.05, 4.69) is 0 Å². The van der Waals surface area contributed by atoms with Crippen LogP contribution in [0.3, 0.4) is 0 Å². The summed E-state index contributed by atoms with van der Waals surface area (Å²) in [5.41, 5.74) is 0.366. The minimum absolute atomic E-state index is 0.0708. The number of aromatic hydroxyl groups is 1. The van der Waals surface area contributed by atoms with E-state index in [-0.39, 0.29) is 28.9 Å². The molecule has 1 aliphatic heterocycles. The molecule has 1 saturated heterocycles. The van der Waals surface area contributed by atoms with Crippen LogP contribution in [-0.2, 0) is 9.59 Å². The number of amides is 1. The lowest BCUT2D eigenvalue weighted by molar-refractivity contribution is -0.132. The fraction of sp³-hybridized carbons (Fsp3) is 0.167. The Kier molecular flexibility index (Phi) is 5.95. The fourth-order valence-corrected chi connectivity index (χ4v) is 4.62. The van der Waals surface area contributed by atoms with Crippen molar-refractivity contribution in [2.45, 2.75) is 26.0 Å². The molecule has 1 aromatic heterocycles. The molecule has 1 amide bonds. The zero-order valence-electron chi connectivity index (χ0n) is 17.3. The van der Waals surface area contributed by atoms with Crippen LogP contribution in [0, 0.1) is 0 Å². The van der Waals surface area contributed by atoms with E-state index in [1.165, 1.54) is 34.4 Å². The van der Waals surface area contributed by atoms with Crippen molar-refractivity contribution in [1.82, 2.24) is 0 Å². The fourth-order valence-electron chi connectivity index (χ4n) is 3.63. The molecule has 2 heterocycles. The number of thiophene rings is 1. The highest BCUT2D eigenvalue weighted by Crippen LogP contribution is 2.46. The molecule has 6 nitrogen and oxygen atoms in total. The summed E-state index contributed by atoms with van der Waals surface area (Å²) >= 11 is 7.43. The number of ether oxygens (including phenoxy) is 1. The molecule has 1 aliphatic rings. The lowest BCUT2D eigenvalue weighted by Gasteiger charge is -2.25. The number of nitrogens with zero attached hydrogens (tertiary/aromatic N) is 1. The highest BCUT2D eigenvalue weighted by Gasteiger charge is 2.48. The molecular weight excluding hydrogens is 450 g/mol. The molecule has 0 aliphatic carbocycles. The van der Waals surface area contributed by atoms with Crippen LogP contribution in [0.15, 0.2) is 65.6 Å². The summed E-state index contributed by atoms with van der Waals surface area (Å²) in [5.74, 6) is -1.71. The van der Waals surface area contributed by atoms with Gasteiger partial charge in [0.2, 0.25) is 0 Å². The third-order valence-corrected chi connectivity index (χ3v) is 6.09. The number of halogens is 1. The van der Waals surface area contributed by atoms with E-state index in [4.69, 9.17) is 16.3 Å². The number of phenols is 1. The van der Waals surface area contributed by atoms with Gasteiger partial charge in [-0.3, -0.25) is 14.5 Å². The Labute approximate surface area is 193 Å². The molecule has 4 rings (SSSR count). The average molecular weight is 470 g/mol. The van der Waals surface area contributed by atoms with Gasteiger partial charge in [0.1, 0.15) is 23.3 Å². The zero-order valence-corrected chi connectivity index (χ0v) is 18.9. The minimum Gasteiger partial charge on any atom is -0.507 e. The Morgan fingerprint density at radius 1 is 1.12 bits per heavy atom. The quantitative estimate of drug-likeness (QED) is 0.292. The highest BCUT2D eigenvalue weighted by molar-refractivity contribution is 7.10. The number of phenolic OH excluding ortho intramolecular Hbond substituents is 1. The molecule has 2 N–H and O–H groups in total. The van der Waals surface area contributed by atoms with Crippen molar-refractivity contribution in [3.05, 3.63) is 81.0 Å². The third kappa shape index (κ3) is 3.97. The first-order valence-corrected chi connectivity index (χ1v) is 11.1. The number of aliphatic hydroxyl groups is 1. The predicted molar refractivity (Wildman–Crippen MR) is 124 cm³/mol. The van der Waals surface area contributed by atoms with E-state index < -0.39 is 17.7 Å². The Hall–Kier alpha value is -3.29. The number of carbonyl (C=O) groups is 2. The molecular formula is C24H20ClNO5S. The zero-order chi connectivity index (χ0) is 23.0. The monoisotopic (exact) mass is 469 g/mol. The van der Waals surface area contributed by atoms with Crippen LogP contribution in [0.5, 0.6) is 11.5 Å². The van der Waals surface area contributed by atoms with E-state index in [9.17, 15) is 19.8 Å². The minimum atomic E-state index is -0.922. The molecule has 1 unspecified atom stereocenters. The number of carbonyl (C=O) groups excluding carboxylic acids is 2. The molecule has 2 aromatic carbocycles. The maximum absolute atomic E-state index is 13.1. The molecule has 8 heteroatoms. The maximum atomic E-state index is 13.1. The van der Waals surface area contributed by atoms with Crippen molar-refractivity contribution < 1.29 is 24.5 Å².